The number of carbonyl (C=O) groups excluding carboxylic acids is 1. The molecule has 0 atom stereocenters. The number of nitrogens with zero attached hydrogens (tertiary/aromatic N) is 1. The molecule has 10 heteroatoms. The monoisotopic (exact) mass is 366 g/mol. The van der Waals surface area contributed by atoms with Crippen LogP contribution in [0.1, 0.15) is 11.8 Å². The fourth-order valence-corrected chi connectivity index (χ4v) is 4.92. The van der Waals surface area contributed by atoms with Crippen molar-refractivity contribution in [1.82, 2.24) is 4.98 Å². The predicted molar refractivity (Wildman–Crippen MR) is 82.6 cm³/mol. The molecule has 0 saturated carbocycles. The lowest BCUT2D eigenvalue weighted by Gasteiger charge is -2.01. The molecule has 0 bridgehead atoms. The van der Waals surface area contributed by atoms with Gasteiger partial charge in [0.2, 0.25) is 0 Å². The van der Waals surface area contributed by atoms with Gasteiger partial charge in [0.1, 0.15) is 4.21 Å². The average Bonchev–Trinajstić information content (AvgIpc) is 2.99. The van der Waals surface area contributed by atoms with Crippen LogP contribution in [0, 0.1) is 0 Å². The van der Waals surface area contributed by atoms with Crippen LogP contribution in [-0.4, -0.2) is 26.0 Å². The molecule has 2 aromatic heterocycles. The molecule has 114 valence electrons. The van der Waals surface area contributed by atoms with Crippen molar-refractivity contribution in [2.45, 2.75) is 17.6 Å². The van der Waals surface area contributed by atoms with Crippen molar-refractivity contribution >= 4 is 55.4 Å². The third-order valence-corrected chi connectivity index (χ3v) is 6.32. The second-order valence-electron chi connectivity index (χ2n) is 3.78. The van der Waals surface area contributed by atoms with Gasteiger partial charge in [0.15, 0.2) is 5.13 Å². The number of thiazole rings is 1. The van der Waals surface area contributed by atoms with Crippen molar-refractivity contribution in [1.29, 1.82) is 0 Å². The second-order valence-corrected chi connectivity index (χ2v) is 8.52. The fourth-order valence-electron chi connectivity index (χ4n) is 1.40. The number of hydrogen-bond acceptors (Lipinski definition) is 7. The van der Waals surface area contributed by atoms with Gasteiger partial charge >= 0.3 is 5.97 Å². The molecule has 0 radical (unpaired) electrons. The van der Waals surface area contributed by atoms with Crippen LogP contribution < -0.4 is 4.72 Å². The molecule has 0 unspecified atom stereocenters. The zero-order chi connectivity index (χ0) is 15.5. The Labute approximate surface area is 134 Å². The van der Waals surface area contributed by atoms with Crippen LogP contribution >= 0.6 is 34.3 Å². The number of anilines is 1. The van der Waals surface area contributed by atoms with Crippen LogP contribution in [0.3, 0.4) is 0 Å². The lowest BCUT2D eigenvalue weighted by molar-refractivity contribution is -0.142. The highest BCUT2D eigenvalue weighted by Gasteiger charge is 2.19. The van der Waals surface area contributed by atoms with E-state index in [1.54, 1.807) is 6.92 Å². The number of nitrogens with one attached hydrogen (secondary N) is 1. The van der Waals surface area contributed by atoms with Gasteiger partial charge in [-0.05, 0) is 19.1 Å². The van der Waals surface area contributed by atoms with Gasteiger partial charge in [-0.3, -0.25) is 9.52 Å². The van der Waals surface area contributed by atoms with Gasteiger partial charge in [0.25, 0.3) is 10.0 Å². The van der Waals surface area contributed by atoms with Crippen molar-refractivity contribution in [2.24, 2.45) is 0 Å². The van der Waals surface area contributed by atoms with E-state index in [2.05, 4.69) is 9.71 Å². The van der Waals surface area contributed by atoms with Crippen LogP contribution in [0.15, 0.2) is 22.5 Å². The first-order valence-electron chi connectivity index (χ1n) is 5.79. The third kappa shape index (κ3) is 4.40. The fraction of sp³-hybridized carbons (Fsp3) is 0.273. The number of ether oxygens (including phenoxy) is 1. The SMILES string of the molecule is CCOC(=O)Cc1cnc(NS(=O)(=O)c2ccc(Cl)s2)s1. The summed E-state index contributed by atoms with van der Waals surface area (Å²) < 4.78 is 31.8. The summed E-state index contributed by atoms with van der Waals surface area (Å²) in [5, 5.41) is 0.193. The molecule has 0 aromatic carbocycles. The number of esters is 1. The lowest BCUT2D eigenvalue weighted by Crippen LogP contribution is -2.10. The Hall–Kier alpha value is -1.16. The van der Waals surface area contributed by atoms with Crippen molar-refractivity contribution < 1.29 is 17.9 Å². The van der Waals surface area contributed by atoms with Crippen molar-refractivity contribution in [3.8, 4) is 0 Å². The Balaban J connectivity index is 2.07. The summed E-state index contributed by atoms with van der Waals surface area (Å²) in [7, 11) is -3.70. The van der Waals surface area contributed by atoms with E-state index in [1.807, 2.05) is 0 Å². The first-order chi connectivity index (χ1) is 9.90. The highest BCUT2D eigenvalue weighted by Crippen LogP contribution is 2.28. The standard InChI is InChI=1S/C11H11ClN2O4S3/c1-2-18-9(15)5-7-6-13-11(19-7)14-21(16,17)10-4-3-8(12)20-10/h3-4,6H,2,5H2,1H3,(H,13,14). The maximum atomic E-state index is 12.1. The van der Waals surface area contributed by atoms with E-state index in [-0.39, 0.29) is 21.7 Å². The largest absolute Gasteiger partial charge is 0.466 e. The Bertz CT molecular complexity index is 738. The number of hydrogen-bond donors (Lipinski definition) is 1. The summed E-state index contributed by atoms with van der Waals surface area (Å²) in [6, 6.07) is 2.93. The molecule has 2 aromatic rings. The molecule has 6 nitrogen and oxygen atoms in total. The Morgan fingerprint density at radius 2 is 2.19 bits per heavy atom. The van der Waals surface area contributed by atoms with Crippen LogP contribution in [0.25, 0.3) is 0 Å². The molecular weight excluding hydrogens is 356 g/mol. The number of rotatable bonds is 6. The summed E-state index contributed by atoms with van der Waals surface area (Å²) in [6.45, 7) is 2.02. The van der Waals surface area contributed by atoms with Crippen molar-refractivity contribution in [3.05, 3.63) is 27.5 Å². The lowest BCUT2D eigenvalue weighted by atomic mass is 10.4. The van der Waals surface area contributed by atoms with Gasteiger partial charge in [-0.25, -0.2) is 13.4 Å². The van der Waals surface area contributed by atoms with E-state index in [0.29, 0.717) is 15.8 Å². The summed E-state index contributed by atoms with van der Waals surface area (Å²) in [6.07, 6.45) is 1.51. The highest BCUT2D eigenvalue weighted by atomic mass is 35.5. The Kier molecular flexibility index (Phi) is 5.20. The van der Waals surface area contributed by atoms with E-state index in [4.69, 9.17) is 16.3 Å². The maximum absolute atomic E-state index is 12.1. The molecule has 0 aliphatic heterocycles. The quantitative estimate of drug-likeness (QED) is 0.794. The van der Waals surface area contributed by atoms with Crippen LogP contribution in [0.4, 0.5) is 5.13 Å². The topological polar surface area (TPSA) is 85.4 Å². The minimum atomic E-state index is -3.70. The first kappa shape index (κ1) is 16.2. The van der Waals surface area contributed by atoms with E-state index in [9.17, 15) is 13.2 Å². The molecular formula is C11H11ClN2O4S3. The van der Waals surface area contributed by atoms with E-state index in [1.165, 1.54) is 18.3 Å². The van der Waals surface area contributed by atoms with Gasteiger partial charge in [0.05, 0.1) is 17.4 Å². The van der Waals surface area contributed by atoms with Crippen LogP contribution in [-0.2, 0) is 26.0 Å². The number of halogens is 1. The van der Waals surface area contributed by atoms with Gasteiger partial charge < -0.3 is 4.74 Å². The van der Waals surface area contributed by atoms with E-state index in [0.717, 1.165) is 22.7 Å². The maximum Gasteiger partial charge on any atom is 0.311 e. The summed E-state index contributed by atoms with van der Waals surface area (Å²) in [5.41, 5.74) is 0. The zero-order valence-corrected chi connectivity index (χ0v) is 14.0. The Morgan fingerprint density at radius 3 is 2.81 bits per heavy atom. The van der Waals surface area contributed by atoms with Crippen LogP contribution in [0.5, 0.6) is 0 Å². The first-order valence-corrected chi connectivity index (χ1v) is 9.28. The number of sulfonamides is 1. The van der Waals surface area contributed by atoms with Gasteiger partial charge in [-0.2, -0.15) is 0 Å². The Morgan fingerprint density at radius 1 is 1.43 bits per heavy atom. The molecule has 2 heterocycles. The minimum Gasteiger partial charge on any atom is -0.466 e. The molecule has 0 amide bonds. The number of carbonyl (C=O) groups is 1. The normalized spacial score (nSPS) is 11.3. The third-order valence-electron chi connectivity index (χ3n) is 2.21. The van der Waals surface area contributed by atoms with Crippen LogP contribution in [0.2, 0.25) is 4.34 Å². The number of aromatic nitrogens is 1. The molecule has 0 spiro atoms. The average molecular weight is 367 g/mol. The molecule has 0 aliphatic carbocycles. The molecule has 21 heavy (non-hydrogen) atoms. The predicted octanol–water partition coefficient (Wildman–Crippen LogP) is 2.76. The second kappa shape index (κ2) is 6.73. The highest BCUT2D eigenvalue weighted by molar-refractivity contribution is 7.94. The molecule has 2 rings (SSSR count). The van der Waals surface area contributed by atoms with Crippen molar-refractivity contribution in [3.63, 3.8) is 0 Å². The smallest absolute Gasteiger partial charge is 0.311 e. The molecule has 0 saturated heterocycles. The van der Waals surface area contributed by atoms with E-state index < -0.39 is 10.0 Å². The summed E-state index contributed by atoms with van der Waals surface area (Å²) in [5.74, 6) is -0.374. The van der Waals surface area contributed by atoms with Gasteiger partial charge in [0, 0.05) is 11.1 Å². The number of thiophene rings is 1. The zero-order valence-electron chi connectivity index (χ0n) is 10.8. The molecule has 0 fully saturated rings. The van der Waals surface area contributed by atoms with E-state index >= 15 is 0 Å². The van der Waals surface area contributed by atoms with Gasteiger partial charge in [-0.1, -0.05) is 11.6 Å². The summed E-state index contributed by atoms with van der Waals surface area (Å²) >= 11 is 7.76. The van der Waals surface area contributed by atoms with Gasteiger partial charge in [-0.15, -0.1) is 22.7 Å². The summed E-state index contributed by atoms with van der Waals surface area (Å²) in [4.78, 5) is 15.9. The van der Waals surface area contributed by atoms with Crippen molar-refractivity contribution in [2.75, 3.05) is 11.3 Å². The molecule has 1 N–H and O–H groups in total. The molecule has 0 aliphatic rings. The minimum absolute atomic E-state index is 0.0675.